The Hall–Kier alpha value is -3.94. The number of likely N-dealkylation sites (tertiary alicyclic amines) is 1. The van der Waals surface area contributed by atoms with E-state index in [-0.39, 0.29) is 17.9 Å². The summed E-state index contributed by atoms with van der Waals surface area (Å²) >= 11 is 0. The molecule has 4 heterocycles. The van der Waals surface area contributed by atoms with E-state index in [0.29, 0.717) is 36.8 Å². The maximum absolute atomic E-state index is 12.8. The van der Waals surface area contributed by atoms with Crippen molar-refractivity contribution in [2.45, 2.75) is 45.2 Å². The van der Waals surface area contributed by atoms with Gasteiger partial charge in [-0.3, -0.25) is 14.3 Å². The Bertz CT molecular complexity index is 1330. The minimum atomic E-state index is -0.0963. The summed E-state index contributed by atoms with van der Waals surface area (Å²) in [5, 5.41) is 7.40. The van der Waals surface area contributed by atoms with Gasteiger partial charge in [0.25, 0.3) is 11.8 Å². The standard InChI is InChI=1S/C27H30N6O2/c1-19(2)33-15-10-24(30-33)27(35)32-13-8-22(9-14-32)21-3-5-23(6-4-21)26(34)29-18-20-7-12-31-16-11-28-25(31)17-20/h3-7,10-12,15-17,19,22H,8-9,13-14,18H2,1-2H3,(H,29,34). The lowest BCUT2D eigenvalue weighted by Crippen LogP contribution is -2.38. The molecule has 0 radical (unpaired) electrons. The summed E-state index contributed by atoms with van der Waals surface area (Å²) in [6.07, 6.45) is 9.25. The summed E-state index contributed by atoms with van der Waals surface area (Å²) in [7, 11) is 0. The van der Waals surface area contributed by atoms with E-state index >= 15 is 0 Å². The van der Waals surface area contributed by atoms with Crippen molar-refractivity contribution in [1.29, 1.82) is 0 Å². The Morgan fingerprint density at radius 3 is 2.51 bits per heavy atom. The van der Waals surface area contributed by atoms with E-state index < -0.39 is 0 Å². The fourth-order valence-electron chi connectivity index (χ4n) is 4.57. The Morgan fingerprint density at radius 1 is 1.03 bits per heavy atom. The molecule has 5 rings (SSSR count). The molecule has 0 unspecified atom stereocenters. The molecule has 1 saturated heterocycles. The minimum Gasteiger partial charge on any atom is -0.348 e. The predicted octanol–water partition coefficient (Wildman–Crippen LogP) is 4.06. The van der Waals surface area contributed by atoms with Crippen LogP contribution in [0.25, 0.3) is 5.65 Å². The highest BCUT2D eigenvalue weighted by Gasteiger charge is 2.26. The van der Waals surface area contributed by atoms with Gasteiger partial charge in [-0.15, -0.1) is 0 Å². The van der Waals surface area contributed by atoms with Gasteiger partial charge in [0.15, 0.2) is 0 Å². The Balaban J connectivity index is 1.14. The van der Waals surface area contributed by atoms with Crippen molar-refractivity contribution in [3.63, 3.8) is 0 Å². The molecule has 35 heavy (non-hydrogen) atoms. The van der Waals surface area contributed by atoms with Gasteiger partial charge in [-0.25, -0.2) is 4.98 Å². The number of piperidine rings is 1. The molecule has 0 atom stereocenters. The zero-order valence-corrected chi connectivity index (χ0v) is 20.1. The Labute approximate surface area is 204 Å². The van der Waals surface area contributed by atoms with Crippen molar-refractivity contribution in [2.24, 2.45) is 0 Å². The SMILES string of the molecule is CC(C)n1ccc(C(=O)N2CCC(c3ccc(C(=O)NCc4ccn5ccnc5c4)cc3)CC2)n1. The highest BCUT2D eigenvalue weighted by atomic mass is 16.2. The van der Waals surface area contributed by atoms with Crippen LogP contribution in [-0.4, -0.2) is 49.0 Å². The molecular formula is C27H30N6O2. The first-order valence-electron chi connectivity index (χ1n) is 12.1. The van der Waals surface area contributed by atoms with E-state index in [9.17, 15) is 9.59 Å². The molecule has 2 amide bonds. The molecule has 1 N–H and O–H groups in total. The summed E-state index contributed by atoms with van der Waals surface area (Å²) in [4.78, 5) is 31.6. The molecule has 8 nitrogen and oxygen atoms in total. The Kier molecular flexibility index (Phi) is 6.35. The summed E-state index contributed by atoms with van der Waals surface area (Å²) in [5.41, 5.74) is 4.23. The molecule has 1 fully saturated rings. The van der Waals surface area contributed by atoms with Gasteiger partial charge in [0.1, 0.15) is 11.3 Å². The second kappa shape index (κ2) is 9.74. The van der Waals surface area contributed by atoms with E-state index in [2.05, 4.69) is 15.4 Å². The summed E-state index contributed by atoms with van der Waals surface area (Å²) in [6.45, 7) is 5.96. The first kappa shape index (κ1) is 22.8. The van der Waals surface area contributed by atoms with Gasteiger partial charge in [0.2, 0.25) is 0 Å². The largest absolute Gasteiger partial charge is 0.348 e. The van der Waals surface area contributed by atoms with E-state index in [1.165, 1.54) is 5.56 Å². The van der Waals surface area contributed by atoms with Gasteiger partial charge in [-0.1, -0.05) is 12.1 Å². The first-order chi connectivity index (χ1) is 17.0. The van der Waals surface area contributed by atoms with Crippen LogP contribution in [0.15, 0.2) is 67.3 Å². The first-order valence-corrected chi connectivity index (χ1v) is 12.1. The zero-order chi connectivity index (χ0) is 24.4. The normalized spacial score (nSPS) is 14.5. The van der Waals surface area contributed by atoms with E-state index in [4.69, 9.17) is 0 Å². The van der Waals surface area contributed by atoms with Crippen LogP contribution in [0, 0.1) is 0 Å². The number of pyridine rings is 1. The highest BCUT2D eigenvalue weighted by Crippen LogP contribution is 2.29. The van der Waals surface area contributed by atoms with Crippen molar-refractivity contribution in [1.82, 2.24) is 29.4 Å². The number of carbonyl (C=O) groups excluding carboxylic acids is 2. The lowest BCUT2D eigenvalue weighted by molar-refractivity contribution is 0.0705. The number of hydrogen-bond acceptors (Lipinski definition) is 4. The van der Waals surface area contributed by atoms with Crippen LogP contribution >= 0.6 is 0 Å². The number of rotatable bonds is 6. The molecule has 8 heteroatoms. The highest BCUT2D eigenvalue weighted by molar-refractivity contribution is 5.94. The summed E-state index contributed by atoms with van der Waals surface area (Å²) < 4.78 is 3.75. The second-order valence-corrected chi connectivity index (χ2v) is 9.37. The number of carbonyl (C=O) groups is 2. The molecular weight excluding hydrogens is 440 g/mol. The van der Waals surface area contributed by atoms with Crippen molar-refractivity contribution in [2.75, 3.05) is 13.1 Å². The predicted molar refractivity (Wildman–Crippen MR) is 133 cm³/mol. The number of hydrogen-bond donors (Lipinski definition) is 1. The molecule has 1 aliphatic rings. The summed E-state index contributed by atoms with van der Waals surface area (Å²) in [6, 6.07) is 13.8. The second-order valence-electron chi connectivity index (χ2n) is 9.37. The maximum Gasteiger partial charge on any atom is 0.274 e. The van der Waals surface area contributed by atoms with Gasteiger partial charge in [-0.05, 0) is 74.1 Å². The lowest BCUT2D eigenvalue weighted by Gasteiger charge is -2.32. The third-order valence-electron chi connectivity index (χ3n) is 6.70. The van der Waals surface area contributed by atoms with E-state index in [0.717, 1.165) is 24.1 Å². The number of fused-ring (bicyclic) bond motifs is 1. The van der Waals surface area contributed by atoms with Gasteiger partial charge in [0.05, 0.1) is 0 Å². The molecule has 3 aromatic heterocycles. The minimum absolute atomic E-state index is 0.00164. The molecule has 0 saturated carbocycles. The van der Waals surface area contributed by atoms with Crippen molar-refractivity contribution in [3.05, 3.63) is 89.6 Å². The van der Waals surface area contributed by atoms with Crippen LogP contribution in [-0.2, 0) is 6.54 Å². The molecule has 180 valence electrons. The van der Waals surface area contributed by atoms with Crippen LogP contribution in [0.5, 0.6) is 0 Å². The van der Waals surface area contributed by atoms with Gasteiger partial charge in [-0.2, -0.15) is 5.10 Å². The van der Waals surface area contributed by atoms with Crippen molar-refractivity contribution < 1.29 is 9.59 Å². The molecule has 0 aliphatic carbocycles. The average Bonchev–Trinajstić information content (AvgIpc) is 3.57. The summed E-state index contributed by atoms with van der Waals surface area (Å²) in [5.74, 6) is 0.286. The molecule has 0 bridgehead atoms. The lowest BCUT2D eigenvalue weighted by atomic mass is 9.89. The number of amides is 2. The third kappa shape index (κ3) is 4.96. The third-order valence-corrected chi connectivity index (χ3v) is 6.70. The fourth-order valence-corrected chi connectivity index (χ4v) is 4.57. The van der Waals surface area contributed by atoms with Gasteiger partial charge < -0.3 is 14.6 Å². The van der Waals surface area contributed by atoms with Gasteiger partial charge >= 0.3 is 0 Å². The van der Waals surface area contributed by atoms with E-state index in [1.807, 2.05) is 82.8 Å². The number of aromatic nitrogens is 4. The van der Waals surface area contributed by atoms with Crippen molar-refractivity contribution in [3.8, 4) is 0 Å². The Morgan fingerprint density at radius 2 is 1.80 bits per heavy atom. The quantitative estimate of drug-likeness (QED) is 0.461. The van der Waals surface area contributed by atoms with Crippen LogP contribution in [0.1, 0.15) is 70.6 Å². The zero-order valence-electron chi connectivity index (χ0n) is 20.1. The van der Waals surface area contributed by atoms with Crippen molar-refractivity contribution >= 4 is 17.5 Å². The van der Waals surface area contributed by atoms with Crippen LogP contribution in [0.3, 0.4) is 0 Å². The molecule has 1 aliphatic heterocycles. The van der Waals surface area contributed by atoms with Crippen LogP contribution in [0.2, 0.25) is 0 Å². The molecule has 4 aromatic rings. The van der Waals surface area contributed by atoms with E-state index in [1.54, 1.807) is 12.3 Å². The van der Waals surface area contributed by atoms with Gasteiger partial charge in [0, 0.05) is 56.0 Å². The van der Waals surface area contributed by atoms with Crippen LogP contribution < -0.4 is 5.32 Å². The monoisotopic (exact) mass is 470 g/mol. The number of nitrogens with zero attached hydrogens (tertiary/aromatic N) is 5. The average molecular weight is 471 g/mol. The number of nitrogens with one attached hydrogen (secondary N) is 1. The number of benzene rings is 1. The number of imidazole rings is 1. The maximum atomic E-state index is 12.8. The smallest absolute Gasteiger partial charge is 0.274 e. The molecule has 1 aromatic carbocycles. The van der Waals surface area contributed by atoms with Crippen LogP contribution in [0.4, 0.5) is 0 Å². The topological polar surface area (TPSA) is 84.5 Å². The fraction of sp³-hybridized carbons (Fsp3) is 0.333. The molecule has 0 spiro atoms.